The lowest BCUT2D eigenvalue weighted by molar-refractivity contribution is 0.154. The van der Waals surface area contributed by atoms with Crippen molar-refractivity contribution in [2.75, 3.05) is 19.6 Å². The Morgan fingerprint density at radius 2 is 2.32 bits per heavy atom. The van der Waals surface area contributed by atoms with Gasteiger partial charge in [-0.05, 0) is 44.2 Å². The van der Waals surface area contributed by atoms with Gasteiger partial charge in [-0.2, -0.15) is 0 Å². The molecule has 2 rings (SSSR count). The highest BCUT2D eigenvalue weighted by Gasteiger charge is 2.31. The van der Waals surface area contributed by atoms with Crippen LogP contribution in [0.3, 0.4) is 0 Å². The Labute approximate surface area is 122 Å². The van der Waals surface area contributed by atoms with Crippen LogP contribution in [0.4, 0.5) is 0 Å². The third-order valence-electron chi connectivity index (χ3n) is 4.38. The molecular formula is C16H28N2S. The summed E-state index contributed by atoms with van der Waals surface area (Å²) in [7, 11) is 0. The molecule has 1 fully saturated rings. The highest BCUT2D eigenvalue weighted by molar-refractivity contribution is 7.10. The molecule has 2 unspecified atom stereocenters. The third-order valence-corrected chi connectivity index (χ3v) is 5.35. The highest BCUT2D eigenvalue weighted by Crippen LogP contribution is 2.31. The van der Waals surface area contributed by atoms with Gasteiger partial charge in [0.25, 0.3) is 0 Å². The van der Waals surface area contributed by atoms with E-state index in [9.17, 15) is 0 Å². The molecule has 0 bridgehead atoms. The summed E-state index contributed by atoms with van der Waals surface area (Å²) in [4.78, 5) is 4.26. The Morgan fingerprint density at radius 1 is 1.47 bits per heavy atom. The van der Waals surface area contributed by atoms with Crippen LogP contribution in [0, 0.1) is 0 Å². The maximum Gasteiger partial charge on any atom is 0.0442 e. The Hall–Kier alpha value is -0.380. The smallest absolute Gasteiger partial charge is 0.0442 e. The monoisotopic (exact) mass is 280 g/mol. The van der Waals surface area contributed by atoms with Crippen LogP contribution in [-0.4, -0.2) is 30.1 Å². The van der Waals surface area contributed by atoms with E-state index in [-0.39, 0.29) is 5.54 Å². The second-order valence-corrected chi connectivity index (χ2v) is 6.96. The molecule has 0 aliphatic carbocycles. The van der Waals surface area contributed by atoms with E-state index in [0.29, 0.717) is 6.04 Å². The lowest BCUT2D eigenvalue weighted by atomic mass is 9.97. The molecule has 2 nitrogen and oxygen atoms in total. The van der Waals surface area contributed by atoms with Crippen LogP contribution in [0.5, 0.6) is 0 Å². The summed E-state index contributed by atoms with van der Waals surface area (Å²) in [5.74, 6) is 0. The summed E-state index contributed by atoms with van der Waals surface area (Å²) in [6.45, 7) is 10.5. The van der Waals surface area contributed by atoms with Crippen molar-refractivity contribution in [3.8, 4) is 0 Å². The molecular weight excluding hydrogens is 252 g/mol. The van der Waals surface area contributed by atoms with Crippen LogP contribution < -0.4 is 5.32 Å². The minimum atomic E-state index is 0.278. The second-order valence-electron chi connectivity index (χ2n) is 5.98. The van der Waals surface area contributed by atoms with Gasteiger partial charge in [0.15, 0.2) is 0 Å². The van der Waals surface area contributed by atoms with E-state index in [1.165, 1.54) is 38.8 Å². The Bertz CT molecular complexity index is 363. The Kier molecular flexibility index (Phi) is 5.43. The van der Waals surface area contributed by atoms with E-state index in [0.717, 1.165) is 6.54 Å². The maximum absolute atomic E-state index is 3.74. The number of hydrogen-bond acceptors (Lipinski definition) is 3. The molecule has 19 heavy (non-hydrogen) atoms. The zero-order valence-electron chi connectivity index (χ0n) is 12.6. The zero-order chi connectivity index (χ0) is 13.7. The van der Waals surface area contributed by atoms with Crippen LogP contribution in [0.25, 0.3) is 0 Å². The molecule has 2 atom stereocenters. The SMILES string of the molecule is CCCC(c1cccs1)N1CCCNC(C)(CC)C1. The van der Waals surface area contributed by atoms with Gasteiger partial charge in [-0.25, -0.2) is 0 Å². The minimum Gasteiger partial charge on any atom is -0.310 e. The highest BCUT2D eigenvalue weighted by atomic mass is 32.1. The van der Waals surface area contributed by atoms with Crippen LogP contribution >= 0.6 is 11.3 Å². The topological polar surface area (TPSA) is 15.3 Å². The molecule has 1 N–H and O–H groups in total. The molecule has 108 valence electrons. The predicted molar refractivity (Wildman–Crippen MR) is 84.9 cm³/mol. The van der Waals surface area contributed by atoms with Crippen molar-refractivity contribution in [3.05, 3.63) is 22.4 Å². The Morgan fingerprint density at radius 3 is 2.95 bits per heavy atom. The summed E-state index contributed by atoms with van der Waals surface area (Å²) in [6.07, 6.45) is 5.00. The van der Waals surface area contributed by atoms with Gasteiger partial charge in [0.2, 0.25) is 0 Å². The van der Waals surface area contributed by atoms with E-state index in [2.05, 4.69) is 48.5 Å². The molecule has 0 saturated carbocycles. The number of rotatable bonds is 5. The van der Waals surface area contributed by atoms with Crippen LogP contribution in [0.15, 0.2) is 17.5 Å². The van der Waals surface area contributed by atoms with E-state index in [4.69, 9.17) is 0 Å². The van der Waals surface area contributed by atoms with Gasteiger partial charge in [0, 0.05) is 29.5 Å². The fourth-order valence-corrected chi connectivity index (χ4v) is 3.91. The minimum absolute atomic E-state index is 0.278. The van der Waals surface area contributed by atoms with Crippen LogP contribution in [0.1, 0.15) is 57.4 Å². The number of hydrogen-bond donors (Lipinski definition) is 1. The van der Waals surface area contributed by atoms with Crippen molar-refractivity contribution in [1.82, 2.24) is 10.2 Å². The van der Waals surface area contributed by atoms with E-state index >= 15 is 0 Å². The van der Waals surface area contributed by atoms with Crippen molar-refractivity contribution in [3.63, 3.8) is 0 Å². The molecule has 1 aliphatic rings. The number of thiophene rings is 1. The third kappa shape index (κ3) is 3.80. The predicted octanol–water partition coefficient (Wildman–Crippen LogP) is 4.05. The van der Waals surface area contributed by atoms with E-state index in [1.807, 2.05) is 11.3 Å². The molecule has 0 spiro atoms. The van der Waals surface area contributed by atoms with Gasteiger partial charge in [0.1, 0.15) is 0 Å². The summed E-state index contributed by atoms with van der Waals surface area (Å²) in [6, 6.07) is 5.13. The molecule has 0 aromatic carbocycles. The van der Waals surface area contributed by atoms with E-state index < -0.39 is 0 Å². The van der Waals surface area contributed by atoms with Crippen molar-refractivity contribution in [2.45, 2.75) is 58.0 Å². The van der Waals surface area contributed by atoms with Gasteiger partial charge in [-0.1, -0.05) is 26.3 Å². The number of nitrogens with one attached hydrogen (secondary N) is 1. The quantitative estimate of drug-likeness (QED) is 0.875. The fourth-order valence-electron chi connectivity index (χ4n) is 3.02. The first-order valence-corrected chi connectivity index (χ1v) is 8.59. The standard InChI is InChI=1S/C16H28N2S/c1-4-8-14(15-9-6-12-19-15)18-11-7-10-17-16(3,5-2)13-18/h6,9,12,14,17H,4-5,7-8,10-11,13H2,1-3H3. The lowest BCUT2D eigenvalue weighted by Gasteiger charge is -2.37. The summed E-state index contributed by atoms with van der Waals surface area (Å²) >= 11 is 1.92. The molecule has 2 heterocycles. The Balaban J connectivity index is 2.15. The average molecular weight is 280 g/mol. The second kappa shape index (κ2) is 6.87. The van der Waals surface area contributed by atoms with Gasteiger partial charge in [-0.3, -0.25) is 4.90 Å². The maximum atomic E-state index is 3.74. The molecule has 0 amide bonds. The fraction of sp³-hybridized carbons (Fsp3) is 0.750. The first kappa shape index (κ1) is 15.0. The van der Waals surface area contributed by atoms with E-state index in [1.54, 1.807) is 4.88 Å². The lowest BCUT2D eigenvalue weighted by Crippen LogP contribution is -2.49. The first-order valence-electron chi connectivity index (χ1n) is 7.71. The van der Waals surface area contributed by atoms with Crippen molar-refractivity contribution < 1.29 is 0 Å². The van der Waals surface area contributed by atoms with Gasteiger partial charge >= 0.3 is 0 Å². The summed E-state index contributed by atoms with van der Waals surface area (Å²) < 4.78 is 0. The molecule has 0 radical (unpaired) electrons. The van der Waals surface area contributed by atoms with Crippen molar-refractivity contribution >= 4 is 11.3 Å². The zero-order valence-corrected chi connectivity index (χ0v) is 13.4. The molecule has 1 aromatic heterocycles. The van der Waals surface area contributed by atoms with Crippen LogP contribution in [-0.2, 0) is 0 Å². The number of nitrogens with zero attached hydrogens (tertiary/aromatic N) is 1. The normalized spacial score (nSPS) is 27.1. The molecule has 1 aliphatic heterocycles. The van der Waals surface area contributed by atoms with Crippen molar-refractivity contribution in [2.24, 2.45) is 0 Å². The summed E-state index contributed by atoms with van der Waals surface area (Å²) in [5.41, 5.74) is 0.278. The molecule has 3 heteroatoms. The first-order chi connectivity index (χ1) is 9.18. The summed E-state index contributed by atoms with van der Waals surface area (Å²) in [5, 5.41) is 5.96. The van der Waals surface area contributed by atoms with Crippen LogP contribution in [0.2, 0.25) is 0 Å². The average Bonchev–Trinajstić information content (AvgIpc) is 2.86. The van der Waals surface area contributed by atoms with Gasteiger partial charge < -0.3 is 5.32 Å². The van der Waals surface area contributed by atoms with Gasteiger partial charge in [-0.15, -0.1) is 11.3 Å². The largest absolute Gasteiger partial charge is 0.310 e. The van der Waals surface area contributed by atoms with Crippen molar-refractivity contribution in [1.29, 1.82) is 0 Å². The van der Waals surface area contributed by atoms with Gasteiger partial charge in [0.05, 0.1) is 0 Å². The molecule has 1 aromatic rings. The molecule has 1 saturated heterocycles.